The summed E-state index contributed by atoms with van der Waals surface area (Å²) in [6.45, 7) is 6.17. The van der Waals surface area contributed by atoms with E-state index in [1.807, 2.05) is 26.0 Å². The number of nitrogens with two attached hydrogens (primary N) is 1. The SMILES string of the molecule is CCOCCCOc1ccc(Br)cc1CC(C)N. The first-order chi connectivity index (χ1) is 8.63. The molecule has 0 radical (unpaired) electrons. The normalized spacial score (nSPS) is 12.4. The Balaban J connectivity index is 2.52. The lowest BCUT2D eigenvalue weighted by molar-refractivity contribution is 0.130. The monoisotopic (exact) mass is 315 g/mol. The molecule has 4 heteroatoms. The van der Waals surface area contributed by atoms with Crippen molar-refractivity contribution in [1.29, 1.82) is 0 Å². The highest BCUT2D eigenvalue weighted by Crippen LogP contribution is 2.24. The largest absolute Gasteiger partial charge is 0.493 e. The molecule has 0 aliphatic carbocycles. The lowest BCUT2D eigenvalue weighted by atomic mass is 10.1. The van der Waals surface area contributed by atoms with Crippen molar-refractivity contribution in [2.45, 2.75) is 32.7 Å². The van der Waals surface area contributed by atoms with Crippen LogP contribution in [0.3, 0.4) is 0 Å². The fourth-order valence-corrected chi connectivity index (χ4v) is 2.09. The topological polar surface area (TPSA) is 44.5 Å². The number of rotatable bonds is 8. The highest BCUT2D eigenvalue weighted by Gasteiger charge is 2.07. The molecule has 0 saturated carbocycles. The highest BCUT2D eigenvalue weighted by molar-refractivity contribution is 9.10. The second kappa shape index (κ2) is 8.51. The van der Waals surface area contributed by atoms with Crippen LogP contribution in [0.25, 0.3) is 0 Å². The van der Waals surface area contributed by atoms with Crippen molar-refractivity contribution in [1.82, 2.24) is 0 Å². The van der Waals surface area contributed by atoms with Gasteiger partial charge in [0.25, 0.3) is 0 Å². The first-order valence-corrected chi connectivity index (χ1v) is 7.17. The second-order valence-corrected chi connectivity index (χ2v) is 5.25. The molecule has 1 unspecified atom stereocenters. The van der Waals surface area contributed by atoms with Crippen LogP contribution in [0.5, 0.6) is 5.75 Å². The van der Waals surface area contributed by atoms with Gasteiger partial charge in [-0.05, 0) is 44.0 Å². The van der Waals surface area contributed by atoms with Gasteiger partial charge in [0.05, 0.1) is 6.61 Å². The third kappa shape index (κ3) is 5.85. The molecule has 1 rings (SSSR count). The predicted octanol–water partition coefficient (Wildman–Crippen LogP) is 3.14. The zero-order chi connectivity index (χ0) is 13.4. The molecule has 0 amide bonds. The average Bonchev–Trinajstić information content (AvgIpc) is 2.30. The van der Waals surface area contributed by atoms with Crippen LogP contribution in [0, 0.1) is 0 Å². The molecule has 2 N–H and O–H groups in total. The van der Waals surface area contributed by atoms with Gasteiger partial charge >= 0.3 is 0 Å². The van der Waals surface area contributed by atoms with E-state index in [1.54, 1.807) is 0 Å². The maximum absolute atomic E-state index is 5.85. The molecule has 0 aliphatic heterocycles. The second-order valence-electron chi connectivity index (χ2n) is 4.33. The van der Waals surface area contributed by atoms with Gasteiger partial charge in [0.1, 0.15) is 5.75 Å². The van der Waals surface area contributed by atoms with E-state index in [0.717, 1.165) is 41.8 Å². The van der Waals surface area contributed by atoms with Gasteiger partial charge in [-0.3, -0.25) is 0 Å². The molecule has 0 bridgehead atoms. The van der Waals surface area contributed by atoms with Crippen molar-refractivity contribution in [3.63, 3.8) is 0 Å². The van der Waals surface area contributed by atoms with Crippen LogP contribution in [-0.4, -0.2) is 25.9 Å². The number of ether oxygens (including phenoxy) is 2. The van der Waals surface area contributed by atoms with Crippen LogP contribution in [0.4, 0.5) is 0 Å². The quantitative estimate of drug-likeness (QED) is 0.749. The first-order valence-electron chi connectivity index (χ1n) is 6.38. The van der Waals surface area contributed by atoms with Crippen molar-refractivity contribution in [2.75, 3.05) is 19.8 Å². The van der Waals surface area contributed by atoms with Gasteiger partial charge in [-0.15, -0.1) is 0 Å². The molecule has 18 heavy (non-hydrogen) atoms. The Kier molecular flexibility index (Phi) is 7.32. The van der Waals surface area contributed by atoms with Crippen LogP contribution in [-0.2, 0) is 11.2 Å². The molecule has 0 aromatic heterocycles. The summed E-state index contributed by atoms with van der Waals surface area (Å²) < 4.78 is 12.1. The van der Waals surface area contributed by atoms with Gasteiger partial charge in [0.15, 0.2) is 0 Å². The summed E-state index contributed by atoms with van der Waals surface area (Å²) in [5.41, 5.74) is 7.00. The fourth-order valence-electron chi connectivity index (χ4n) is 1.68. The summed E-state index contributed by atoms with van der Waals surface area (Å²) in [7, 11) is 0. The van der Waals surface area contributed by atoms with Gasteiger partial charge in [-0.25, -0.2) is 0 Å². The van der Waals surface area contributed by atoms with Crippen molar-refractivity contribution < 1.29 is 9.47 Å². The minimum absolute atomic E-state index is 0.130. The van der Waals surface area contributed by atoms with Crippen molar-refractivity contribution >= 4 is 15.9 Å². The van der Waals surface area contributed by atoms with Crippen molar-refractivity contribution in [2.24, 2.45) is 5.73 Å². The van der Waals surface area contributed by atoms with E-state index in [1.165, 1.54) is 0 Å². The molecule has 1 aromatic rings. The van der Waals surface area contributed by atoms with Crippen LogP contribution in [0.1, 0.15) is 25.8 Å². The number of benzene rings is 1. The average molecular weight is 316 g/mol. The Morgan fingerprint density at radius 2 is 2.11 bits per heavy atom. The zero-order valence-corrected chi connectivity index (χ0v) is 12.7. The Hall–Kier alpha value is -0.580. The summed E-state index contributed by atoms with van der Waals surface area (Å²) in [5.74, 6) is 0.923. The van der Waals surface area contributed by atoms with Crippen LogP contribution in [0.2, 0.25) is 0 Å². The Bertz CT molecular complexity index is 356. The summed E-state index contributed by atoms with van der Waals surface area (Å²) >= 11 is 3.47. The van der Waals surface area contributed by atoms with Crippen molar-refractivity contribution in [3.8, 4) is 5.75 Å². The molecule has 1 aromatic carbocycles. The van der Waals surface area contributed by atoms with E-state index in [-0.39, 0.29) is 6.04 Å². The van der Waals surface area contributed by atoms with E-state index in [2.05, 4.69) is 22.0 Å². The standard InChI is InChI=1S/C14H22BrNO2/c1-3-17-7-4-8-18-14-6-5-13(15)10-12(14)9-11(2)16/h5-6,10-11H,3-4,7-9,16H2,1-2H3. The predicted molar refractivity (Wildman–Crippen MR) is 78.1 cm³/mol. The van der Waals surface area contributed by atoms with Crippen molar-refractivity contribution in [3.05, 3.63) is 28.2 Å². The maximum atomic E-state index is 5.85. The molecule has 0 aliphatic rings. The lowest BCUT2D eigenvalue weighted by Gasteiger charge is -2.13. The summed E-state index contributed by atoms with van der Waals surface area (Å²) in [6.07, 6.45) is 1.72. The van der Waals surface area contributed by atoms with Gasteiger partial charge in [-0.2, -0.15) is 0 Å². The third-order valence-electron chi connectivity index (χ3n) is 2.46. The van der Waals surface area contributed by atoms with E-state index < -0.39 is 0 Å². The molecular formula is C14H22BrNO2. The number of hydrogen-bond donors (Lipinski definition) is 1. The van der Waals surface area contributed by atoms with E-state index in [4.69, 9.17) is 15.2 Å². The maximum Gasteiger partial charge on any atom is 0.122 e. The zero-order valence-electron chi connectivity index (χ0n) is 11.1. The smallest absolute Gasteiger partial charge is 0.122 e. The van der Waals surface area contributed by atoms with Crippen LogP contribution < -0.4 is 10.5 Å². The lowest BCUT2D eigenvalue weighted by Crippen LogP contribution is -2.18. The van der Waals surface area contributed by atoms with Gasteiger partial charge in [0, 0.05) is 30.1 Å². The molecule has 3 nitrogen and oxygen atoms in total. The van der Waals surface area contributed by atoms with Crippen LogP contribution >= 0.6 is 15.9 Å². The summed E-state index contributed by atoms with van der Waals surface area (Å²) in [6, 6.07) is 6.18. The molecule has 0 spiro atoms. The van der Waals surface area contributed by atoms with Crippen LogP contribution in [0.15, 0.2) is 22.7 Å². The minimum atomic E-state index is 0.130. The number of halogens is 1. The Morgan fingerprint density at radius 3 is 2.78 bits per heavy atom. The molecular weight excluding hydrogens is 294 g/mol. The third-order valence-corrected chi connectivity index (χ3v) is 2.95. The van der Waals surface area contributed by atoms with Gasteiger partial charge < -0.3 is 15.2 Å². The molecule has 0 heterocycles. The van der Waals surface area contributed by atoms with Gasteiger partial charge in [-0.1, -0.05) is 15.9 Å². The molecule has 102 valence electrons. The minimum Gasteiger partial charge on any atom is -0.493 e. The van der Waals surface area contributed by atoms with E-state index >= 15 is 0 Å². The van der Waals surface area contributed by atoms with Gasteiger partial charge in [0.2, 0.25) is 0 Å². The molecule has 0 fully saturated rings. The van der Waals surface area contributed by atoms with E-state index in [0.29, 0.717) is 6.61 Å². The highest BCUT2D eigenvalue weighted by atomic mass is 79.9. The van der Waals surface area contributed by atoms with E-state index in [9.17, 15) is 0 Å². The Morgan fingerprint density at radius 1 is 1.33 bits per heavy atom. The summed E-state index contributed by atoms with van der Waals surface area (Å²) in [5, 5.41) is 0. The number of hydrogen-bond acceptors (Lipinski definition) is 3. The molecule has 1 atom stereocenters. The summed E-state index contributed by atoms with van der Waals surface area (Å²) in [4.78, 5) is 0. The first kappa shape index (κ1) is 15.5. The fraction of sp³-hybridized carbons (Fsp3) is 0.571. The molecule has 0 saturated heterocycles. The Labute approximate surface area is 118 Å².